The molecule has 0 saturated carbocycles. The third kappa shape index (κ3) is 2.57. The molecule has 0 spiro atoms. The molecule has 1 aliphatic rings. The number of hydrogen-bond acceptors (Lipinski definition) is 5. The molecule has 6 heteroatoms. The Kier molecular flexibility index (Phi) is 3.79. The van der Waals surface area contributed by atoms with Crippen LogP contribution in [0.15, 0.2) is 24.5 Å². The van der Waals surface area contributed by atoms with E-state index in [0.717, 1.165) is 40.7 Å². The molecule has 0 aromatic carbocycles. The minimum atomic E-state index is 0.424. The number of likely N-dealkylation sites (tertiary alicyclic amines) is 1. The molecule has 0 bridgehead atoms. The molecular formula is C18H20N6. The molecule has 4 heterocycles. The number of H-pyrrole nitrogens is 1. The number of pyridine rings is 2. The average Bonchev–Trinajstić information content (AvgIpc) is 3.00. The van der Waals surface area contributed by atoms with Crippen molar-refractivity contribution in [1.29, 1.82) is 5.26 Å². The quantitative estimate of drug-likeness (QED) is 0.775. The van der Waals surface area contributed by atoms with Gasteiger partial charge in [0.1, 0.15) is 17.4 Å². The van der Waals surface area contributed by atoms with E-state index < -0.39 is 0 Å². The summed E-state index contributed by atoms with van der Waals surface area (Å²) in [6.45, 7) is 5.55. The molecule has 0 unspecified atom stereocenters. The highest BCUT2D eigenvalue weighted by atomic mass is 15.2. The average molecular weight is 320 g/mol. The molecule has 2 N–H and O–H groups in total. The van der Waals surface area contributed by atoms with Gasteiger partial charge in [0.05, 0.1) is 11.7 Å². The zero-order valence-electron chi connectivity index (χ0n) is 13.7. The lowest BCUT2D eigenvalue weighted by Gasteiger charge is -2.33. The molecule has 3 aromatic heterocycles. The smallest absolute Gasteiger partial charge is 0.141 e. The SMILES string of the molecule is CCN1CCC[C@H](Nc2ccnc3[nH]c4cnc(C#N)cc4c23)C1. The first kappa shape index (κ1) is 14.9. The highest BCUT2D eigenvalue weighted by Gasteiger charge is 2.20. The van der Waals surface area contributed by atoms with Crippen LogP contribution in [0.5, 0.6) is 0 Å². The van der Waals surface area contributed by atoms with E-state index in [4.69, 9.17) is 5.26 Å². The molecular weight excluding hydrogens is 300 g/mol. The molecule has 0 aliphatic carbocycles. The molecule has 122 valence electrons. The standard InChI is InChI=1S/C18H20N6/c1-2-24-7-3-4-12(11-24)22-15-5-6-20-18-17(15)14-8-13(9-19)21-10-16(14)23-18/h5-6,8,10,12H,2-4,7,11H2,1H3,(H2,20,22,23)/t12-/m0/s1. The van der Waals surface area contributed by atoms with E-state index in [-0.39, 0.29) is 0 Å². The molecule has 3 aromatic rings. The van der Waals surface area contributed by atoms with Crippen LogP contribution >= 0.6 is 0 Å². The van der Waals surface area contributed by atoms with Crippen molar-refractivity contribution >= 4 is 27.6 Å². The fourth-order valence-electron chi connectivity index (χ4n) is 3.58. The van der Waals surface area contributed by atoms with E-state index in [0.29, 0.717) is 11.7 Å². The second kappa shape index (κ2) is 6.10. The van der Waals surface area contributed by atoms with Crippen molar-refractivity contribution < 1.29 is 0 Å². The third-order valence-electron chi connectivity index (χ3n) is 4.80. The largest absolute Gasteiger partial charge is 0.380 e. The maximum Gasteiger partial charge on any atom is 0.141 e. The summed E-state index contributed by atoms with van der Waals surface area (Å²) in [5.74, 6) is 0. The second-order valence-electron chi connectivity index (χ2n) is 6.31. The van der Waals surface area contributed by atoms with E-state index in [1.165, 1.54) is 19.4 Å². The number of likely N-dealkylation sites (N-methyl/N-ethyl adjacent to an activating group) is 1. The summed E-state index contributed by atoms with van der Waals surface area (Å²) in [7, 11) is 0. The summed E-state index contributed by atoms with van der Waals surface area (Å²) in [6, 6.07) is 6.41. The minimum Gasteiger partial charge on any atom is -0.380 e. The predicted octanol–water partition coefficient (Wildman–Crippen LogP) is 2.88. The molecule has 0 amide bonds. The van der Waals surface area contributed by atoms with E-state index in [9.17, 15) is 0 Å². The van der Waals surface area contributed by atoms with Crippen molar-refractivity contribution in [2.45, 2.75) is 25.8 Å². The van der Waals surface area contributed by atoms with E-state index in [1.807, 2.05) is 18.3 Å². The molecule has 4 rings (SSSR count). The fourth-order valence-corrected chi connectivity index (χ4v) is 3.58. The first-order chi connectivity index (χ1) is 11.8. The Morgan fingerprint density at radius 1 is 1.46 bits per heavy atom. The van der Waals surface area contributed by atoms with Gasteiger partial charge in [-0.05, 0) is 38.1 Å². The van der Waals surface area contributed by atoms with Crippen LogP contribution in [0.3, 0.4) is 0 Å². The van der Waals surface area contributed by atoms with Gasteiger partial charge in [0.2, 0.25) is 0 Å². The van der Waals surface area contributed by atoms with Crippen LogP contribution in [-0.4, -0.2) is 45.5 Å². The van der Waals surface area contributed by atoms with Crippen LogP contribution in [0.25, 0.3) is 21.9 Å². The number of nitriles is 1. The Morgan fingerprint density at radius 3 is 3.21 bits per heavy atom. The van der Waals surface area contributed by atoms with Crippen LogP contribution < -0.4 is 5.32 Å². The Hall–Kier alpha value is -2.65. The normalized spacial score (nSPS) is 18.8. The summed E-state index contributed by atoms with van der Waals surface area (Å²) in [4.78, 5) is 14.4. The van der Waals surface area contributed by atoms with Crippen molar-refractivity contribution in [2.24, 2.45) is 0 Å². The van der Waals surface area contributed by atoms with Crippen molar-refractivity contribution in [3.8, 4) is 6.07 Å². The zero-order valence-corrected chi connectivity index (χ0v) is 13.7. The lowest BCUT2D eigenvalue weighted by molar-refractivity contribution is 0.227. The molecule has 1 aliphatic heterocycles. The number of hydrogen-bond donors (Lipinski definition) is 2. The number of nitrogens with one attached hydrogen (secondary N) is 2. The van der Waals surface area contributed by atoms with Gasteiger partial charge in [0, 0.05) is 35.2 Å². The molecule has 24 heavy (non-hydrogen) atoms. The van der Waals surface area contributed by atoms with Gasteiger partial charge in [0.15, 0.2) is 0 Å². The number of nitrogens with zero attached hydrogens (tertiary/aromatic N) is 4. The Labute approximate surface area is 140 Å². The minimum absolute atomic E-state index is 0.424. The molecule has 1 atom stereocenters. The van der Waals surface area contributed by atoms with Crippen LogP contribution in [0.4, 0.5) is 5.69 Å². The number of anilines is 1. The second-order valence-corrected chi connectivity index (χ2v) is 6.31. The molecule has 0 radical (unpaired) electrons. The van der Waals surface area contributed by atoms with Gasteiger partial charge in [-0.3, -0.25) is 0 Å². The van der Waals surface area contributed by atoms with E-state index >= 15 is 0 Å². The summed E-state index contributed by atoms with van der Waals surface area (Å²) in [5.41, 5.74) is 3.23. The van der Waals surface area contributed by atoms with Gasteiger partial charge in [-0.15, -0.1) is 0 Å². The van der Waals surface area contributed by atoms with Gasteiger partial charge in [-0.1, -0.05) is 6.92 Å². The Balaban J connectivity index is 1.76. The fraction of sp³-hybridized carbons (Fsp3) is 0.389. The lowest BCUT2D eigenvalue weighted by Crippen LogP contribution is -2.41. The van der Waals surface area contributed by atoms with Gasteiger partial charge in [0.25, 0.3) is 0 Å². The first-order valence-corrected chi connectivity index (χ1v) is 8.44. The first-order valence-electron chi connectivity index (χ1n) is 8.44. The zero-order chi connectivity index (χ0) is 16.5. The summed E-state index contributed by atoms with van der Waals surface area (Å²) >= 11 is 0. The van der Waals surface area contributed by atoms with Crippen molar-refractivity contribution in [3.05, 3.63) is 30.2 Å². The monoisotopic (exact) mass is 320 g/mol. The molecule has 1 fully saturated rings. The van der Waals surface area contributed by atoms with Crippen molar-refractivity contribution in [2.75, 3.05) is 25.0 Å². The maximum absolute atomic E-state index is 9.13. The van der Waals surface area contributed by atoms with Gasteiger partial charge in [-0.2, -0.15) is 5.26 Å². The Morgan fingerprint density at radius 2 is 2.38 bits per heavy atom. The third-order valence-corrected chi connectivity index (χ3v) is 4.80. The van der Waals surface area contributed by atoms with Crippen LogP contribution in [0, 0.1) is 11.3 Å². The predicted molar refractivity (Wildman–Crippen MR) is 94.9 cm³/mol. The van der Waals surface area contributed by atoms with Gasteiger partial charge >= 0.3 is 0 Å². The summed E-state index contributed by atoms with van der Waals surface area (Å²) < 4.78 is 0. The molecule has 6 nitrogen and oxygen atoms in total. The number of rotatable bonds is 3. The summed E-state index contributed by atoms with van der Waals surface area (Å²) in [5, 5.41) is 14.9. The number of piperidine rings is 1. The highest BCUT2D eigenvalue weighted by Crippen LogP contribution is 2.31. The van der Waals surface area contributed by atoms with Gasteiger partial charge < -0.3 is 15.2 Å². The summed E-state index contributed by atoms with van der Waals surface area (Å²) in [6.07, 6.45) is 5.92. The lowest BCUT2D eigenvalue weighted by atomic mass is 10.0. The van der Waals surface area contributed by atoms with E-state index in [1.54, 1.807) is 6.20 Å². The molecule has 1 saturated heterocycles. The van der Waals surface area contributed by atoms with Crippen LogP contribution in [0.1, 0.15) is 25.5 Å². The highest BCUT2D eigenvalue weighted by molar-refractivity contribution is 6.12. The van der Waals surface area contributed by atoms with Crippen molar-refractivity contribution in [1.82, 2.24) is 19.9 Å². The van der Waals surface area contributed by atoms with Crippen molar-refractivity contribution in [3.63, 3.8) is 0 Å². The van der Waals surface area contributed by atoms with Crippen LogP contribution in [-0.2, 0) is 0 Å². The number of aromatic nitrogens is 3. The maximum atomic E-state index is 9.13. The number of aromatic amines is 1. The van der Waals surface area contributed by atoms with Crippen LogP contribution in [0.2, 0.25) is 0 Å². The topological polar surface area (TPSA) is 80.6 Å². The Bertz CT molecular complexity index is 922. The van der Waals surface area contributed by atoms with Gasteiger partial charge in [-0.25, -0.2) is 9.97 Å². The number of fused-ring (bicyclic) bond motifs is 3. The van der Waals surface area contributed by atoms with E-state index in [2.05, 4.69) is 38.2 Å².